The summed E-state index contributed by atoms with van der Waals surface area (Å²) in [6.45, 7) is 3.26. The molecule has 1 aromatic rings. The molecule has 17 heavy (non-hydrogen) atoms. The third kappa shape index (κ3) is 3.20. The Labute approximate surface area is 97.7 Å². The lowest BCUT2D eigenvalue weighted by molar-refractivity contribution is -0.140. The Hall–Kier alpha value is -1.07. The molecule has 0 spiro atoms. The fourth-order valence-corrected chi connectivity index (χ4v) is 1.56. The summed E-state index contributed by atoms with van der Waals surface area (Å²) in [5.41, 5.74) is -1.20. The van der Waals surface area contributed by atoms with Crippen molar-refractivity contribution in [3.05, 3.63) is 35.4 Å². The van der Waals surface area contributed by atoms with Gasteiger partial charge in [-0.1, -0.05) is 32.0 Å². The van der Waals surface area contributed by atoms with Crippen LogP contribution in [-0.4, -0.2) is 16.3 Å². The van der Waals surface area contributed by atoms with E-state index in [-0.39, 0.29) is 11.5 Å². The average molecular weight is 248 g/mol. The largest absolute Gasteiger partial charge is 0.416 e. The minimum absolute atomic E-state index is 0.291. The van der Waals surface area contributed by atoms with Gasteiger partial charge in [0.2, 0.25) is 0 Å². The van der Waals surface area contributed by atoms with Crippen LogP contribution in [-0.2, 0) is 6.18 Å². The van der Waals surface area contributed by atoms with E-state index >= 15 is 0 Å². The first kappa shape index (κ1) is 14.0. The maximum Gasteiger partial charge on any atom is 0.416 e. The van der Waals surface area contributed by atoms with Gasteiger partial charge in [-0.15, -0.1) is 0 Å². The molecule has 2 nitrogen and oxygen atoms in total. The number of aliphatic hydroxyl groups excluding tert-OH is 2. The third-order valence-corrected chi connectivity index (χ3v) is 2.59. The molecular weight excluding hydrogens is 233 g/mol. The van der Waals surface area contributed by atoms with Crippen LogP contribution in [0.25, 0.3) is 0 Å². The minimum atomic E-state index is -4.53. The van der Waals surface area contributed by atoms with Crippen LogP contribution in [0.1, 0.15) is 31.1 Å². The molecule has 0 aliphatic heterocycles. The summed E-state index contributed by atoms with van der Waals surface area (Å²) in [6.07, 6.45) is -7.29. The van der Waals surface area contributed by atoms with Crippen molar-refractivity contribution in [1.82, 2.24) is 0 Å². The number of aliphatic hydroxyl groups is 2. The van der Waals surface area contributed by atoms with E-state index < -0.39 is 23.9 Å². The summed E-state index contributed by atoms with van der Waals surface area (Å²) in [6, 6.07) is 4.73. The average Bonchev–Trinajstić information content (AvgIpc) is 2.25. The van der Waals surface area contributed by atoms with Gasteiger partial charge in [0, 0.05) is 0 Å². The number of rotatable bonds is 3. The van der Waals surface area contributed by atoms with E-state index in [1.807, 2.05) is 0 Å². The zero-order valence-electron chi connectivity index (χ0n) is 9.57. The predicted molar refractivity (Wildman–Crippen MR) is 57.2 cm³/mol. The molecule has 0 fully saturated rings. The summed E-state index contributed by atoms with van der Waals surface area (Å²) in [4.78, 5) is 0. The van der Waals surface area contributed by atoms with Gasteiger partial charge in [-0.3, -0.25) is 0 Å². The van der Waals surface area contributed by atoms with Crippen molar-refractivity contribution >= 4 is 0 Å². The van der Waals surface area contributed by atoms with Gasteiger partial charge < -0.3 is 10.2 Å². The minimum Gasteiger partial charge on any atom is -0.390 e. The second-order valence-corrected chi connectivity index (χ2v) is 4.26. The van der Waals surface area contributed by atoms with Crippen molar-refractivity contribution in [3.63, 3.8) is 0 Å². The molecule has 0 aliphatic carbocycles. The van der Waals surface area contributed by atoms with E-state index in [2.05, 4.69) is 0 Å². The fourth-order valence-electron chi connectivity index (χ4n) is 1.56. The molecular formula is C12H15F3O2. The van der Waals surface area contributed by atoms with Gasteiger partial charge in [0.05, 0.1) is 11.7 Å². The standard InChI is InChI=1S/C12H15F3O2/c1-7(2)10(16)11(17)8-5-3-4-6-9(8)12(13,14)15/h3-7,10-11,16-17H,1-2H3. The second kappa shape index (κ2) is 5.06. The van der Waals surface area contributed by atoms with Crippen LogP contribution in [0, 0.1) is 5.92 Å². The zero-order chi connectivity index (χ0) is 13.2. The van der Waals surface area contributed by atoms with Crippen LogP contribution < -0.4 is 0 Å². The second-order valence-electron chi connectivity index (χ2n) is 4.26. The summed E-state index contributed by atoms with van der Waals surface area (Å²) < 4.78 is 38.0. The third-order valence-electron chi connectivity index (χ3n) is 2.59. The van der Waals surface area contributed by atoms with Crippen molar-refractivity contribution in [3.8, 4) is 0 Å². The summed E-state index contributed by atoms with van der Waals surface area (Å²) in [5.74, 6) is -0.328. The normalized spacial score (nSPS) is 16.0. The highest BCUT2D eigenvalue weighted by molar-refractivity contribution is 5.32. The Kier molecular flexibility index (Phi) is 4.16. The van der Waals surface area contributed by atoms with Crippen LogP contribution in [0.4, 0.5) is 13.2 Å². The monoisotopic (exact) mass is 248 g/mol. The molecule has 0 radical (unpaired) electrons. The Morgan fingerprint density at radius 2 is 1.59 bits per heavy atom. The molecule has 5 heteroatoms. The molecule has 0 saturated heterocycles. The first-order valence-corrected chi connectivity index (χ1v) is 5.27. The lowest BCUT2D eigenvalue weighted by atomic mass is 9.93. The molecule has 1 rings (SSSR count). The molecule has 0 heterocycles. The lowest BCUT2D eigenvalue weighted by Crippen LogP contribution is -2.26. The highest BCUT2D eigenvalue weighted by Gasteiger charge is 2.36. The van der Waals surface area contributed by atoms with Gasteiger partial charge in [0.15, 0.2) is 0 Å². The SMILES string of the molecule is CC(C)C(O)C(O)c1ccccc1C(F)(F)F. The number of alkyl halides is 3. The Balaban J connectivity index is 3.14. The maximum atomic E-state index is 12.7. The molecule has 1 aromatic carbocycles. The van der Waals surface area contributed by atoms with Crippen molar-refractivity contribution in [1.29, 1.82) is 0 Å². The van der Waals surface area contributed by atoms with Crippen molar-refractivity contribution < 1.29 is 23.4 Å². The fraction of sp³-hybridized carbons (Fsp3) is 0.500. The van der Waals surface area contributed by atoms with Crippen molar-refractivity contribution in [2.75, 3.05) is 0 Å². The van der Waals surface area contributed by atoms with Gasteiger partial charge in [0.1, 0.15) is 6.10 Å². The summed E-state index contributed by atoms with van der Waals surface area (Å²) >= 11 is 0. The summed E-state index contributed by atoms with van der Waals surface area (Å²) in [7, 11) is 0. The van der Waals surface area contributed by atoms with E-state index in [9.17, 15) is 23.4 Å². The van der Waals surface area contributed by atoms with Crippen LogP contribution >= 0.6 is 0 Å². The predicted octanol–water partition coefficient (Wildman–Crippen LogP) is 2.76. The van der Waals surface area contributed by atoms with E-state index in [1.165, 1.54) is 18.2 Å². The molecule has 0 bridgehead atoms. The first-order chi connectivity index (χ1) is 7.75. The van der Waals surface area contributed by atoms with Crippen molar-refractivity contribution in [2.45, 2.75) is 32.2 Å². The molecule has 0 amide bonds. The molecule has 2 unspecified atom stereocenters. The van der Waals surface area contributed by atoms with E-state index in [0.717, 1.165) is 6.07 Å². The van der Waals surface area contributed by atoms with Crippen LogP contribution in [0.15, 0.2) is 24.3 Å². The van der Waals surface area contributed by atoms with Gasteiger partial charge in [-0.2, -0.15) is 13.2 Å². The number of hydrogen-bond acceptors (Lipinski definition) is 2. The number of halogens is 3. The Morgan fingerprint density at radius 3 is 2.06 bits per heavy atom. The Bertz CT molecular complexity index is 374. The van der Waals surface area contributed by atoms with Crippen LogP contribution in [0.5, 0.6) is 0 Å². The summed E-state index contributed by atoms with van der Waals surface area (Å²) in [5, 5.41) is 19.4. The molecule has 2 N–H and O–H groups in total. The van der Waals surface area contributed by atoms with E-state index in [4.69, 9.17) is 0 Å². The maximum absolute atomic E-state index is 12.7. The van der Waals surface area contributed by atoms with E-state index in [1.54, 1.807) is 13.8 Å². The van der Waals surface area contributed by atoms with Crippen LogP contribution in [0.2, 0.25) is 0 Å². The van der Waals surface area contributed by atoms with Crippen molar-refractivity contribution in [2.24, 2.45) is 5.92 Å². The molecule has 0 aromatic heterocycles. The Morgan fingerprint density at radius 1 is 1.06 bits per heavy atom. The lowest BCUT2D eigenvalue weighted by Gasteiger charge is -2.24. The molecule has 0 aliphatic rings. The molecule has 2 atom stereocenters. The smallest absolute Gasteiger partial charge is 0.390 e. The van der Waals surface area contributed by atoms with Crippen LogP contribution in [0.3, 0.4) is 0 Å². The van der Waals surface area contributed by atoms with E-state index in [0.29, 0.717) is 0 Å². The molecule has 0 saturated carbocycles. The highest BCUT2D eigenvalue weighted by atomic mass is 19.4. The van der Waals surface area contributed by atoms with Gasteiger partial charge >= 0.3 is 6.18 Å². The quantitative estimate of drug-likeness (QED) is 0.863. The highest BCUT2D eigenvalue weighted by Crippen LogP contribution is 2.36. The van der Waals surface area contributed by atoms with Gasteiger partial charge in [-0.25, -0.2) is 0 Å². The number of hydrogen-bond donors (Lipinski definition) is 2. The van der Waals surface area contributed by atoms with Gasteiger partial charge in [0.25, 0.3) is 0 Å². The van der Waals surface area contributed by atoms with Gasteiger partial charge in [-0.05, 0) is 17.5 Å². The molecule has 96 valence electrons. The first-order valence-electron chi connectivity index (χ1n) is 5.27. The topological polar surface area (TPSA) is 40.5 Å². The number of benzene rings is 1. The zero-order valence-corrected chi connectivity index (χ0v) is 9.57.